The van der Waals surface area contributed by atoms with Crippen LogP contribution in [0.4, 0.5) is 18.9 Å². The number of nitrogens with one attached hydrogen (secondary N) is 2. The number of hydrogen-bond acceptors (Lipinski definition) is 5. The van der Waals surface area contributed by atoms with Gasteiger partial charge in [0.05, 0.1) is 16.9 Å². The molecule has 0 aliphatic heterocycles. The van der Waals surface area contributed by atoms with Crippen molar-refractivity contribution >= 4 is 29.0 Å². The molecule has 162 valence electrons. The van der Waals surface area contributed by atoms with Crippen molar-refractivity contribution < 1.29 is 22.8 Å². The molecule has 0 atom stereocenters. The number of anilines is 1. The number of aromatic nitrogens is 2. The summed E-state index contributed by atoms with van der Waals surface area (Å²) in [6.07, 6.45) is -2.98. The van der Waals surface area contributed by atoms with Crippen LogP contribution in [-0.4, -0.2) is 21.2 Å². The molecule has 31 heavy (non-hydrogen) atoms. The number of hydrogen-bond donors (Lipinski definition) is 2. The smallest absolute Gasteiger partial charge is 0.347 e. The van der Waals surface area contributed by atoms with E-state index in [-0.39, 0.29) is 34.5 Å². The summed E-state index contributed by atoms with van der Waals surface area (Å²) in [6.45, 7) is 3.07. The zero-order chi connectivity index (χ0) is 22.6. The Kier molecular flexibility index (Phi) is 6.69. The Hall–Kier alpha value is -3.27. The standard InChI is InChI=1S/C21H19F3N4O2S/c1-12(2)19(29)27-17-16(15-9-5-6-10-25-15)28-31-18(17)20(30)26-11-13-7-3-4-8-14(13)21(22,23)24/h3-10,12H,11H2,1-2H3,(H,26,30)(H,27,29). The number of rotatable bonds is 6. The van der Waals surface area contributed by atoms with E-state index in [1.807, 2.05) is 0 Å². The number of carbonyl (C=O) groups excluding carboxylic acids is 2. The third-order valence-electron chi connectivity index (χ3n) is 4.34. The van der Waals surface area contributed by atoms with Crippen LogP contribution in [0, 0.1) is 5.92 Å². The predicted molar refractivity (Wildman–Crippen MR) is 111 cm³/mol. The summed E-state index contributed by atoms with van der Waals surface area (Å²) in [7, 11) is 0. The van der Waals surface area contributed by atoms with Crippen LogP contribution in [0.5, 0.6) is 0 Å². The Balaban J connectivity index is 1.89. The number of alkyl halides is 3. The van der Waals surface area contributed by atoms with Gasteiger partial charge in [-0.1, -0.05) is 38.1 Å². The molecule has 3 rings (SSSR count). The van der Waals surface area contributed by atoms with E-state index >= 15 is 0 Å². The van der Waals surface area contributed by atoms with Crippen LogP contribution in [-0.2, 0) is 17.5 Å². The molecule has 0 spiro atoms. The second kappa shape index (κ2) is 9.25. The molecule has 0 bridgehead atoms. The zero-order valence-corrected chi connectivity index (χ0v) is 17.5. The van der Waals surface area contributed by atoms with Crippen LogP contribution >= 0.6 is 11.5 Å². The summed E-state index contributed by atoms with van der Waals surface area (Å²) < 4.78 is 43.8. The molecule has 0 unspecified atom stereocenters. The lowest BCUT2D eigenvalue weighted by molar-refractivity contribution is -0.138. The summed E-state index contributed by atoms with van der Waals surface area (Å²) in [5.74, 6) is -1.32. The second-order valence-corrected chi connectivity index (χ2v) is 7.71. The first-order chi connectivity index (χ1) is 14.7. The van der Waals surface area contributed by atoms with E-state index in [9.17, 15) is 22.8 Å². The van der Waals surface area contributed by atoms with Gasteiger partial charge in [-0.15, -0.1) is 0 Å². The van der Waals surface area contributed by atoms with Crippen LogP contribution in [0.3, 0.4) is 0 Å². The molecule has 2 N–H and O–H groups in total. The molecule has 0 saturated heterocycles. The molecule has 0 fully saturated rings. The van der Waals surface area contributed by atoms with Gasteiger partial charge in [0.1, 0.15) is 10.6 Å². The molecule has 0 saturated carbocycles. The summed E-state index contributed by atoms with van der Waals surface area (Å²) in [5.41, 5.74) is 0.0800. The first kappa shape index (κ1) is 22.4. The third kappa shape index (κ3) is 5.26. The average molecular weight is 448 g/mol. The number of benzene rings is 1. The van der Waals surface area contributed by atoms with Crippen molar-refractivity contribution in [3.63, 3.8) is 0 Å². The fourth-order valence-electron chi connectivity index (χ4n) is 2.71. The van der Waals surface area contributed by atoms with Gasteiger partial charge >= 0.3 is 6.18 Å². The minimum absolute atomic E-state index is 0.0643. The fraction of sp³-hybridized carbons (Fsp3) is 0.238. The van der Waals surface area contributed by atoms with E-state index in [2.05, 4.69) is 20.0 Å². The maximum Gasteiger partial charge on any atom is 0.416 e. The van der Waals surface area contributed by atoms with E-state index in [4.69, 9.17) is 0 Å². The van der Waals surface area contributed by atoms with Crippen LogP contribution in [0.1, 0.15) is 34.6 Å². The normalized spacial score (nSPS) is 11.4. The molecule has 1 aromatic carbocycles. The molecule has 2 amide bonds. The Bertz CT molecular complexity index is 1080. The predicted octanol–water partition coefficient (Wildman–Crippen LogP) is 4.75. The van der Waals surface area contributed by atoms with Crippen molar-refractivity contribution in [3.8, 4) is 11.4 Å². The lowest BCUT2D eigenvalue weighted by Crippen LogP contribution is -2.26. The van der Waals surface area contributed by atoms with Gasteiger partial charge in [0, 0.05) is 18.7 Å². The van der Waals surface area contributed by atoms with Gasteiger partial charge in [-0.3, -0.25) is 14.6 Å². The largest absolute Gasteiger partial charge is 0.416 e. The van der Waals surface area contributed by atoms with E-state index < -0.39 is 17.6 Å². The molecule has 2 heterocycles. The van der Waals surface area contributed by atoms with Crippen molar-refractivity contribution in [2.75, 3.05) is 5.32 Å². The van der Waals surface area contributed by atoms with Gasteiger partial charge in [-0.05, 0) is 35.3 Å². The van der Waals surface area contributed by atoms with E-state index in [1.165, 1.54) is 18.2 Å². The van der Waals surface area contributed by atoms with E-state index in [1.54, 1.807) is 38.2 Å². The fourth-order valence-corrected chi connectivity index (χ4v) is 3.47. The Labute approximate surface area is 180 Å². The number of amides is 2. The van der Waals surface area contributed by atoms with Crippen molar-refractivity contribution in [1.82, 2.24) is 14.7 Å². The van der Waals surface area contributed by atoms with Gasteiger partial charge in [-0.2, -0.15) is 17.5 Å². The summed E-state index contributed by atoms with van der Waals surface area (Å²) in [4.78, 5) is 29.4. The van der Waals surface area contributed by atoms with Crippen LogP contribution in [0.25, 0.3) is 11.4 Å². The molecular weight excluding hydrogens is 429 g/mol. The topological polar surface area (TPSA) is 84.0 Å². The highest BCUT2D eigenvalue weighted by molar-refractivity contribution is 7.09. The third-order valence-corrected chi connectivity index (χ3v) is 5.19. The summed E-state index contributed by atoms with van der Waals surface area (Å²) in [5, 5.41) is 5.20. The Morgan fingerprint density at radius 3 is 2.45 bits per heavy atom. The number of nitrogens with zero attached hydrogens (tertiary/aromatic N) is 2. The lowest BCUT2D eigenvalue weighted by Gasteiger charge is -2.14. The van der Waals surface area contributed by atoms with E-state index in [0.29, 0.717) is 11.4 Å². The molecule has 2 aromatic heterocycles. The van der Waals surface area contributed by atoms with Gasteiger partial charge in [-0.25, -0.2) is 0 Å². The Morgan fingerprint density at radius 2 is 1.81 bits per heavy atom. The van der Waals surface area contributed by atoms with E-state index in [0.717, 1.165) is 17.6 Å². The molecule has 10 heteroatoms. The minimum atomic E-state index is -4.53. The number of carbonyl (C=O) groups is 2. The number of pyridine rings is 1. The highest BCUT2D eigenvalue weighted by Crippen LogP contribution is 2.34. The van der Waals surface area contributed by atoms with Crippen LogP contribution in [0.2, 0.25) is 0 Å². The van der Waals surface area contributed by atoms with Crippen LogP contribution in [0.15, 0.2) is 48.7 Å². The van der Waals surface area contributed by atoms with Crippen LogP contribution < -0.4 is 10.6 Å². The average Bonchev–Trinajstić information content (AvgIpc) is 3.15. The first-order valence-corrected chi connectivity index (χ1v) is 10.1. The quantitative estimate of drug-likeness (QED) is 0.570. The van der Waals surface area contributed by atoms with Gasteiger partial charge in [0.2, 0.25) is 5.91 Å². The highest BCUT2D eigenvalue weighted by Gasteiger charge is 2.33. The van der Waals surface area contributed by atoms with Crippen molar-refractivity contribution in [2.45, 2.75) is 26.6 Å². The molecule has 0 radical (unpaired) electrons. The van der Waals surface area contributed by atoms with Crippen molar-refractivity contribution in [3.05, 3.63) is 64.7 Å². The van der Waals surface area contributed by atoms with Gasteiger partial charge in [0.15, 0.2) is 0 Å². The van der Waals surface area contributed by atoms with Gasteiger partial charge < -0.3 is 10.6 Å². The molecule has 6 nitrogen and oxygen atoms in total. The molecular formula is C21H19F3N4O2S. The minimum Gasteiger partial charge on any atom is -0.347 e. The first-order valence-electron chi connectivity index (χ1n) is 9.33. The van der Waals surface area contributed by atoms with Crippen molar-refractivity contribution in [2.24, 2.45) is 5.92 Å². The maximum atomic E-state index is 13.2. The molecule has 0 aliphatic carbocycles. The summed E-state index contributed by atoms with van der Waals surface area (Å²) >= 11 is 0.839. The Morgan fingerprint density at radius 1 is 1.10 bits per heavy atom. The zero-order valence-electron chi connectivity index (χ0n) is 16.7. The maximum absolute atomic E-state index is 13.2. The summed E-state index contributed by atoms with van der Waals surface area (Å²) in [6, 6.07) is 10.2. The highest BCUT2D eigenvalue weighted by atomic mass is 32.1. The molecule has 0 aliphatic rings. The SMILES string of the molecule is CC(C)C(=O)Nc1c(-c2ccccn2)nsc1C(=O)NCc1ccccc1C(F)(F)F. The lowest BCUT2D eigenvalue weighted by atomic mass is 10.1. The molecule has 3 aromatic rings. The number of halogens is 3. The monoisotopic (exact) mass is 448 g/mol. The van der Waals surface area contributed by atoms with Gasteiger partial charge in [0.25, 0.3) is 5.91 Å². The second-order valence-electron chi connectivity index (χ2n) is 6.93. The van der Waals surface area contributed by atoms with Crippen molar-refractivity contribution in [1.29, 1.82) is 0 Å².